The molecule has 1 aromatic heterocycles. The van der Waals surface area contributed by atoms with Crippen LogP contribution in [0.25, 0.3) is 0 Å². The van der Waals surface area contributed by atoms with Crippen LogP contribution in [0.15, 0.2) is 47.6 Å². The van der Waals surface area contributed by atoms with Crippen LogP contribution in [0.4, 0.5) is 17.2 Å². The number of amides is 1. The molecule has 2 aromatic rings. The Kier molecular flexibility index (Phi) is 5.25. The highest BCUT2D eigenvalue weighted by molar-refractivity contribution is 9.10. The van der Waals surface area contributed by atoms with Crippen molar-refractivity contribution in [1.29, 1.82) is 0 Å². The van der Waals surface area contributed by atoms with Gasteiger partial charge in [0.05, 0.1) is 30.8 Å². The SMILES string of the molecule is C=CC(=O)N(c1ccc(N2CC3COCC3C2)cn1)c1cc(C)c(Br)cc1C. The van der Waals surface area contributed by atoms with Crippen molar-refractivity contribution < 1.29 is 9.53 Å². The van der Waals surface area contributed by atoms with Crippen LogP contribution in [0.2, 0.25) is 0 Å². The van der Waals surface area contributed by atoms with Gasteiger partial charge < -0.3 is 9.64 Å². The third-order valence-corrected chi connectivity index (χ3v) is 6.53. The number of nitrogens with zero attached hydrogens (tertiary/aromatic N) is 3. The first-order valence-corrected chi connectivity index (χ1v) is 10.3. The molecule has 0 aliphatic carbocycles. The highest BCUT2D eigenvalue weighted by atomic mass is 79.9. The number of aryl methyl sites for hydroxylation is 2. The standard InChI is InChI=1S/C22H24BrN3O2/c1-4-22(27)26(20-8-14(2)19(23)7-15(20)3)21-6-5-18(9-24-21)25-10-16-12-28-13-17(16)11-25/h4-9,16-17H,1,10-13H2,2-3H3. The molecular formula is C22H24BrN3O2. The predicted octanol–water partition coefficient (Wildman–Crippen LogP) is 4.39. The number of rotatable bonds is 4. The summed E-state index contributed by atoms with van der Waals surface area (Å²) < 4.78 is 6.58. The fraction of sp³-hybridized carbons (Fsp3) is 0.364. The summed E-state index contributed by atoms with van der Waals surface area (Å²) in [6.45, 7) is 11.4. The van der Waals surface area contributed by atoms with E-state index in [9.17, 15) is 4.79 Å². The van der Waals surface area contributed by atoms with Gasteiger partial charge in [0.25, 0.3) is 5.91 Å². The first kappa shape index (κ1) is 19.2. The van der Waals surface area contributed by atoms with Crippen LogP contribution in [0, 0.1) is 25.7 Å². The Hall–Kier alpha value is -2.18. The van der Waals surface area contributed by atoms with E-state index in [1.807, 2.05) is 38.2 Å². The van der Waals surface area contributed by atoms with Crippen molar-refractivity contribution in [3.8, 4) is 0 Å². The van der Waals surface area contributed by atoms with Gasteiger partial charge in [-0.05, 0) is 55.3 Å². The monoisotopic (exact) mass is 441 g/mol. The number of carbonyl (C=O) groups excluding carboxylic acids is 1. The molecule has 2 unspecified atom stereocenters. The second-order valence-electron chi connectivity index (χ2n) is 7.60. The molecule has 0 N–H and O–H groups in total. The minimum absolute atomic E-state index is 0.196. The number of fused-ring (bicyclic) bond motifs is 1. The lowest BCUT2D eigenvalue weighted by Crippen LogP contribution is -2.26. The van der Waals surface area contributed by atoms with E-state index in [0.717, 1.165) is 53.3 Å². The van der Waals surface area contributed by atoms with Crippen LogP contribution < -0.4 is 9.80 Å². The highest BCUT2D eigenvalue weighted by Gasteiger charge is 2.37. The van der Waals surface area contributed by atoms with Crippen molar-refractivity contribution in [3.05, 3.63) is 58.7 Å². The normalized spacial score (nSPS) is 20.9. The summed E-state index contributed by atoms with van der Waals surface area (Å²) in [5, 5.41) is 0. The lowest BCUT2D eigenvalue weighted by atomic mass is 10.0. The number of hydrogen-bond acceptors (Lipinski definition) is 4. The predicted molar refractivity (Wildman–Crippen MR) is 115 cm³/mol. The lowest BCUT2D eigenvalue weighted by Gasteiger charge is -2.25. The molecule has 6 heteroatoms. The fourth-order valence-corrected chi connectivity index (χ4v) is 4.51. The Balaban J connectivity index is 1.64. The van der Waals surface area contributed by atoms with Crippen molar-refractivity contribution >= 4 is 39.0 Å². The zero-order valence-corrected chi connectivity index (χ0v) is 17.8. The van der Waals surface area contributed by atoms with Gasteiger partial charge in [-0.2, -0.15) is 0 Å². The summed E-state index contributed by atoms with van der Waals surface area (Å²) in [5.74, 6) is 1.64. The van der Waals surface area contributed by atoms with Gasteiger partial charge in [-0.25, -0.2) is 4.98 Å². The van der Waals surface area contributed by atoms with E-state index < -0.39 is 0 Å². The summed E-state index contributed by atoms with van der Waals surface area (Å²) >= 11 is 3.55. The van der Waals surface area contributed by atoms with Gasteiger partial charge in [0.15, 0.2) is 0 Å². The van der Waals surface area contributed by atoms with Crippen LogP contribution >= 0.6 is 15.9 Å². The molecular weight excluding hydrogens is 418 g/mol. The van der Waals surface area contributed by atoms with E-state index in [1.54, 1.807) is 4.90 Å². The van der Waals surface area contributed by atoms with Crippen LogP contribution in [-0.2, 0) is 9.53 Å². The molecule has 4 rings (SSSR count). The quantitative estimate of drug-likeness (QED) is 0.659. The number of pyridine rings is 1. The molecule has 0 radical (unpaired) electrons. The molecule has 1 amide bonds. The third-order valence-electron chi connectivity index (χ3n) is 5.68. The molecule has 5 nitrogen and oxygen atoms in total. The summed E-state index contributed by atoms with van der Waals surface area (Å²) in [4.78, 5) is 21.3. The average Bonchev–Trinajstić information content (AvgIpc) is 3.28. The zero-order chi connectivity index (χ0) is 19.8. The van der Waals surface area contributed by atoms with Crippen molar-refractivity contribution in [2.45, 2.75) is 13.8 Å². The van der Waals surface area contributed by atoms with Crippen molar-refractivity contribution in [1.82, 2.24) is 4.98 Å². The van der Waals surface area contributed by atoms with E-state index in [0.29, 0.717) is 17.7 Å². The molecule has 2 saturated heterocycles. The van der Waals surface area contributed by atoms with Gasteiger partial charge in [-0.15, -0.1) is 0 Å². The smallest absolute Gasteiger partial charge is 0.256 e. The third kappa shape index (κ3) is 3.47. The van der Waals surface area contributed by atoms with Gasteiger partial charge >= 0.3 is 0 Å². The largest absolute Gasteiger partial charge is 0.381 e. The minimum Gasteiger partial charge on any atom is -0.381 e. The number of hydrogen-bond donors (Lipinski definition) is 0. The number of ether oxygens (including phenoxy) is 1. The summed E-state index contributed by atoms with van der Waals surface area (Å²) in [5.41, 5.74) is 3.96. The molecule has 2 fully saturated rings. The number of carbonyl (C=O) groups is 1. The average molecular weight is 442 g/mol. The van der Waals surface area contributed by atoms with E-state index in [-0.39, 0.29) is 5.91 Å². The summed E-state index contributed by atoms with van der Waals surface area (Å²) in [6, 6.07) is 7.98. The molecule has 0 bridgehead atoms. The second kappa shape index (κ2) is 7.68. The molecule has 0 saturated carbocycles. The Morgan fingerprint density at radius 2 is 1.96 bits per heavy atom. The first-order chi connectivity index (χ1) is 13.5. The molecule has 2 atom stereocenters. The van der Waals surface area contributed by atoms with Crippen LogP contribution in [0.5, 0.6) is 0 Å². The first-order valence-electron chi connectivity index (χ1n) is 9.50. The maximum absolute atomic E-state index is 12.7. The maximum Gasteiger partial charge on any atom is 0.256 e. The zero-order valence-electron chi connectivity index (χ0n) is 16.2. The van der Waals surface area contributed by atoms with Gasteiger partial charge in [-0.3, -0.25) is 9.69 Å². The topological polar surface area (TPSA) is 45.7 Å². The Morgan fingerprint density at radius 1 is 1.25 bits per heavy atom. The Morgan fingerprint density at radius 3 is 2.57 bits per heavy atom. The molecule has 2 aliphatic heterocycles. The molecule has 2 aliphatic rings. The fourth-order valence-electron chi connectivity index (χ4n) is 4.05. The second-order valence-corrected chi connectivity index (χ2v) is 8.46. The van der Waals surface area contributed by atoms with E-state index in [4.69, 9.17) is 4.74 Å². The number of halogens is 1. The summed E-state index contributed by atoms with van der Waals surface area (Å²) in [6.07, 6.45) is 3.19. The van der Waals surface area contributed by atoms with Crippen LogP contribution in [0.1, 0.15) is 11.1 Å². The van der Waals surface area contributed by atoms with Crippen LogP contribution in [0.3, 0.4) is 0 Å². The van der Waals surface area contributed by atoms with Crippen molar-refractivity contribution in [2.24, 2.45) is 11.8 Å². The Bertz CT molecular complexity index is 901. The van der Waals surface area contributed by atoms with E-state index in [2.05, 4.69) is 38.5 Å². The van der Waals surface area contributed by atoms with Crippen molar-refractivity contribution in [3.63, 3.8) is 0 Å². The van der Waals surface area contributed by atoms with Crippen LogP contribution in [-0.4, -0.2) is 37.2 Å². The molecule has 3 heterocycles. The van der Waals surface area contributed by atoms with E-state index >= 15 is 0 Å². The van der Waals surface area contributed by atoms with Gasteiger partial charge in [0.1, 0.15) is 5.82 Å². The number of benzene rings is 1. The maximum atomic E-state index is 12.7. The van der Waals surface area contributed by atoms with Gasteiger partial charge in [-0.1, -0.05) is 22.5 Å². The van der Waals surface area contributed by atoms with Crippen molar-refractivity contribution in [2.75, 3.05) is 36.1 Å². The molecule has 146 valence electrons. The highest BCUT2D eigenvalue weighted by Crippen LogP contribution is 2.35. The molecule has 1 aromatic carbocycles. The Labute approximate surface area is 174 Å². The molecule has 0 spiro atoms. The summed E-state index contributed by atoms with van der Waals surface area (Å²) in [7, 11) is 0. The lowest BCUT2D eigenvalue weighted by molar-refractivity contribution is -0.113. The number of anilines is 3. The minimum atomic E-state index is -0.196. The van der Waals surface area contributed by atoms with Gasteiger partial charge in [0, 0.05) is 29.4 Å². The number of aromatic nitrogens is 1. The van der Waals surface area contributed by atoms with Gasteiger partial charge in [0.2, 0.25) is 0 Å². The molecule has 28 heavy (non-hydrogen) atoms. The van der Waals surface area contributed by atoms with E-state index in [1.165, 1.54) is 6.08 Å².